The second-order valence-electron chi connectivity index (χ2n) is 2.87. The van der Waals surface area contributed by atoms with Crippen molar-refractivity contribution in [1.82, 2.24) is 0 Å². The minimum atomic E-state index is -0.789. The highest BCUT2D eigenvalue weighted by Crippen LogP contribution is 2.22. The molecular formula is C9H9ClF2O. The van der Waals surface area contributed by atoms with Gasteiger partial charge in [-0.15, -0.1) is 0 Å². The van der Waals surface area contributed by atoms with Crippen LogP contribution < -0.4 is 0 Å². The molecular weight excluding hydrogens is 198 g/mol. The van der Waals surface area contributed by atoms with Gasteiger partial charge in [0.2, 0.25) is 0 Å². The third-order valence-electron chi connectivity index (χ3n) is 1.64. The lowest BCUT2D eigenvalue weighted by atomic mass is 10.1. The predicted molar refractivity (Wildman–Crippen MR) is 46.8 cm³/mol. The van der Waals surface area contributed by atoms with Crippen LogP contribution in [-0.4, -0.2) is 11.2 Å². The third kappa shape index (κ3) is 2.39. The Bertz CT molecular complexity index is 313. The van der Waals surface area contributed by atoms with Gasteiger partial charge in [-0.1, -0.05) is 11.6 Å². The van der Waals surface area contributed by atoms with Crippen molar-refractivity contribution < 1.29 is 13.9 Å². The van der Waals surface area contributed by atoms with Crippen molar-refractivity contribution in [3.05, 3.63) is 34.4 Å². The molecule has 1 nitrogen and oxygen atoms in total. The van der Waals surface area contributed by atoms with E-state index in [1.165, 1.54) is 6.92 Å². The van der Waals surface area contributed by atoms with Crippen LogP contribution >= 0.6 is 11.6 Å². The molecule has 0 saturated heterocycles. The molecule has 4 heteroatoms. The number of halogens is 3. The molecule has 1 rings (SSSR count). The van der Waals surface area contributed by atoms with E-state index in [1.54, 1.807) is 0 Å². The fourth-order valence-corrected chi connectivity index (χ4v) is 1.23. The van der Waals surface area contributed by atoms with Gasteiger partial charge in [-0.2, -0.15) is 0 Å². The zero-order valence-corrected chi connectivity index (χ0v) is 7.78. The van der Waals surface area contributed by atoms with Crippen LogP contribution in [0.25, 0.3) is 0 Å². The first kappa shape index (κ1) is 10.4. The Morgan fingerprint density at radius 2 is 2.08 bits per heavy atom. The average Bonchev–Trinajstić information content (AvgIpc) is 2.05. The largest absolute Gasteiger partial charge is 0.393 e. The molecule has 0 heterocycles. The summed E-state index contributed by atoms with van der Waals surface area (Å²) in [6.07, 6.45) is -0.861. The van der Waals surface area contributed by atoms with E-state index in [4.69, 9.17) is 16.7 Å². The Hall–Kier alpha value is -0.670. The van der Waals surface area contributed by atoms with Crippen LogP contribution in [0.3, 0.4) is 0 Å². The van der Waals surface area contributed by atoms with Gasteiger partial charge in [0.1, 0.15) is 11.6 Å². The van der Waals surface area contributed by atoms with Crippen LogP contribution in [0.5, 0.6) is 0 Å². The van der Waals surface area contributed by atoms with Crippen molar-refractivity contribution in [1.29, 1.82) is 0 Å². The molecule has 1 aromatic carbocycles. The second kappa shape index (κ2) is 4.03. The highest BCUT2D eigenvalue weighted by molar-refractivity contribution is 6.30. The Labute approximate surface area is 80.0 Å². The van der Waals surface area contributed by atoms with Gasteiger partial charge in [0.25, 0.3) is 0 Å². The van der Waals surface area contributed by atoms with Crippen molar-refractivity contribution in [2.24, 2.45) is 0 Å². The number of rotatable bonds is 2. The third-order valence-corrected chi connectivity index (χ3v) is 1.93. The molecule has 0 radical (unpaired) electrons. The van der Waals surface area contributed by atoms with Crippen LogP contribution in [0.1, 0.15) is 12.5 Å². The summed E-state index contributed by atoms with van der Waals surface area (Å²) in [6, 6.07) is 2.24. The minimum absolute atomic E-state index is 0.0712. The molecule has 0 amide bonds. The quantitative estimate of drug-likeness (QED) is 0.738. The van der Waals surface area contributed by atoms with E-state index in [9.17, 15) is 8.78 Å². The number of hydrogen-bond acceptors (Lipinski definition) is 1. The predicted octanol–water partition coefficient (Wildman–Crippen LogP) is 2.54. The molecule has 1 atom stereocenters. The van der Waals surface area contributed by atoms with Gasteiger partial charge in [0, 0.05) is 12.0 Å². The van der Waals surface area contributed by atoms with Crippen molar-refractivity contribution >= 4 is 11.6 Å². The summed E-state index contributed by atoms with van der Waals surface area (Å²) in [5.41, 5.74) is -0.164. The fourth-order valence-electron chi connectivity index (χ4n) is 1.05. The molecule has 0 spiro atoms. The van der Waals surface area contributed by atoms with Crippen LogP contribution in [0.15, 0.2) is 12.1 Å². The van der Waals surface area contributed by atoms with Gasteiger partial charge < -0.3 is 5.11 Å². The molecule has 13 heavy (non-hydrogen) atoms. The number of benzene rings is 1. The summed E-state index contributed by atoms with van der Waals surface area (Å²) in [5, 5.41) is 8.84. The van der Waals surface area contributed by atoms with Gasteiger partial charge in [0.15, 0.2) is 0 Å². The SMILES string of the molecule is C[C@H](O)Cc1c(F)ccc(Cl)c1F. The van der Waals surface area contributed by atoms with Crippen molar-refractivity contribution in [3.8, 4) is 0 Å². The molecule has 0 bridgehead atoms. The standard InChI is InChI=1S/C9H9ClF2O/c1-5(13)4-6-8(11)3-2-7(10)9(6)12/h2-3,5,13H,4H2,1H3/t5-/m0/s1. The second-order valence-corrected chi connectivity index (χ2v) is 3.28. The van der Waals surface area contributed by atoms with Gasteiger partial charge in [-0.25, -0.2) is 8.78 Å². The molecule has 0 aliphatic carbocycles. The average molecular weight is 207 g/mol. The molecule has 0 unspecified atom stereocenters. The van der Waals surface area contributed by atoms with E-state index >= 15 is 0 Å². The topological polar surface area (TPSA) is 20.2 Å². The van der Waals surface area contributed by atoms with Crippen LogP contribution in [0.2, 0.25) is 5.02 Å². The fraction of sp³-hybridized carbons (Fsp3) is 0.333. The maximum atomic E-state index is 13.1. The summed E-state index contributed by atoms with van der Waals surface area (Å²) in [7, 11) is 0. The maximum Gasteiger partial charge on any atom is 0.147 e. The molecule has 0 fully saturated rings. The Kier molecular flexibility index (Phi) is 3.22. The Morgan fingerprint density at radius 3 is 2.62 bits per heavy atom. The Morgan fingerprint density at radius 1 is 1.46 bits per heavy atom. The summed E-state index contributed by atoms with van der Waals surface area (Å²) in [4.78, 5) is 0. The number of aliphatic hydroxyl groups is 1. The molecule has 1 aromatic rings. The van der Waals surface area contributed by atoms with E-state index < -0.39 is 17.7 Å². The molecule has 72 valence electrons. The molecule has 0 aromatic heterocycles. The van der Waals surface area contributed by atoms with E-state index in [0.717, 1.165) is 12.1 Å². The van der Waals surface area contributed by atoms with Gasteiger partial charge in [0.05, 0.1) is 11.1 Å². The normalized spacial score (nSPS) is 13.0. The smallest absolute Gasteiger partial charge is 0.147 e. The summed E-state index contributed by atoms with van der Waals surface area (Å²) >= 11 is 5.45. The zero-order chi connectivity index (χ0) is 10.0. The Balaban J connectivity index is 3.10. The van der Waals surface area contributed by atoms with E-state index in [1.807, 2.05) is 0 Å². The lowest BCUT2D eigenvalue weighted by molar-refractivity contribution is 0.192. The molecule has 1 N–H and O–H groups in total. The van der Waals surface area contributed by atoms with Gasteiger partial charge in [-0.3, -0.25) is 0 Å². The highest BCUT2D eigenvalue weighted by atomic mass is 35.5. The minimum Gasteiger partial charge on any atom is -0.393 e. The maximum absolute atomic E-state index is 13.1. The summed E-state index contributed by atoms with van der Waals surface area (Å²) in [5.74, 6) is -1.47. The number of aliphatic hydroxyl groups excluding tert-OH is 1. The molecule has 0 aliphatic rings. The van der Waals surface area contributed by atoms with Crippen LogP contribution in [-0.2, 0) is 6.42 Å². The van der Waals surface area contributed by atoms with Crippen molar-refractivity contribution in [2.75, 3.05) is 0 Å². The first-order valence-electron chi connectivity index (χ1n) is 3.82. The monoisotopic (exact) mass is 206 g/mol. The molecule has 0 saturated carbocycles. The highest BCUT2D eigenvalue weighted by Gasteiger charge is 2.13. The summed E-state index contributed by atoms with van der Waals surface area (Å²) in [6.45, 7) is 1.46. The first-order chi connectivity index (χ1) is 6.02. The van der Waals surface area contributed by atoms with E-state index in [0.29, 0.717) is 0 Å². The molecule has 0 aliphatic heterocycles. The summed E-state index contributed by atoms with van der Waals surface area (Å²) < 4.78 is 26.1. The van der Waals surface area contributed by atoms with Crippen molar-refractivity contribution in [3.63, 3.8) is 0 Å². The van der Waals surface area contributed by atoms with E-state index in [2.05, 4.69) is 0 Å². The lowest BCUT2D eigenvalue weighted by Crippen LogP contribution is -2.08. The van der Waals surface area contributed by atoms with Crippen LogP contribution in [0.4, 0.5) is 8.78 Å². The number of hydrogen-bond donors (Lipinski definition) is 1. The van der Waals surface area contributed by atoms with Crippen LogP contribution in [0, 0.1) is 11.6 Å². The van der Waals surface area contributed by atoms with Gasteiger partial charge >= 0.3 is 0 Å². The zero-order valence-electron chi connectivity index (χ0n) is 7.02. The van der Waals surface area contributed by atoms with E-state index in [-0.39, 0.29) is 17.0 Å². The van der Waals surface area contributed by atoms with Gasteiger partial charge in [-0.05, 0) is 19.1 Å². The van der Waals surface area contributed by atoms with Crippen molar-refractivity contribution in [2.45, 2.75) is 19.4 Å². The lowest BCUT2D eigenvalue weighted by Gasteiger charge is -2.07. The first-order valence-corrected chi connectivity index (χ1v) is 4.20.